The van der Waals surface area contributed by atoms with Crippen molar-refractivity contribution >= 4 is 45.6 Å². The van der Waals surface area contributed by atoms with Crippen LogP contribution in [0.2, 0.25) is 0 Å². The second kappa shape index (κ2) is 7.76. The highest BCUT2D eigenvalue weighted by Gasteiger charge is 2.17. The van der Waals surface area contributed by atoms with Gasteiger partial charge in [-0.15, -0.1) is 10.2 Å². The number of Topliss-reactive ketones (excluding diaryl/α,β-unsaturated/α-hetero) is 1. The molecule has 1 saturated heterocycles. The molecule has 0 unspecified atom stereocenters. The predicted octanol–water partition coefficient (Wildman–Crippen LogP) is 3.07. The summed E-state index contributed by atoms with van der Waals surface area (Å²) < 4.78 is 0.796. The zero-order chi connectivity index (χ0) is 16.9. The average Bonchev–Trinajstić information content (AvgIpc) is 3.24. The molecule has 1 N–H and O–H groups in total. The van der Waals surface area contributed by atoms with Gasteiger partial charge >= 0.3 is 0 Å². The third-order valence-electron chi connectivity index (χ3n) is 3.65. The molecule has 2 aromatic rings. The van der Waals surface area contributed by atoms with E-state index in [1.54, 1.807) is 24.3 Å². The number of thioether (sulfide) groups is 1. The van der Waals surface area contributed by atoms with Crippen molar-refractivity contribution in [1.29, 1.82) is 0 Å². The van der Waals surface area contributed by atoms with E-state index in [-0.39, 0.29) is 17.4 Å². The molecule has 8 heteroatoms. The van der Waals surface area contributed by atoms with Crippen molar-refractivity contribution in [3.8, 4) is 0 Å². The lowest BCUT2D eigenvalue weighted by Gasteiger charge is -2.10. The van der Waals surface area contributed by atoms with Crippen molar-refractivity contribution in [2.45, 2.75) is 24.1 Å². The Morgan fingerprint density at radius 2 is 2.08 bits per heavy atom. The topological polar surface area (TPSA) is 75.2 Å². The SMILES string of the molecule is CC(=O)c1cccc(NC(=O)CSc2nnc(N3CCCC3)s2)c1. The molecule has 6 nitrogen and oxygen atoms in total. The smallest absolute Gasteiger partial charge is 0.234 e. The molecular formula is C16H18N4O2S2. The molecular weight excluding hydrogens is 344 g/mol. The first kappa shape index (κ1) is 16.9. The van der Waals surface area contributed by atoms with Gasteiger partial charge in [0.25, 0.3) is 0 Å². The molecule has 1 aliphatic rings. The Hall–Kier alpha value is -1.93. The first-order valence-electron chi connectivity index (χ1n) is 7.74. The number of carbonyl (C=O) groups excluding carboxylic acids is 2. The van der Waals surface area contributed by atoms with E-state index >= 15 is 0 Å². The summed E-state index contributed by atoms with van der Waals surface area (Å²) in [6.45, 7) is 3.57. The van der Waals surface area contributed by atoms with Crippen LogP contribution in [0.25, 0.3) is 0 Å². The Morgan fingerprint density at radius 1 is 1.29 bits per heavy atom. The van der Waals surface area contributed by atoms with Crippen molar-refractivity contribution in [2.75, 3.05) is 29.1 Å². The average molecular weight is 362 g/mol. The van der Waals surface area contributed by atoms with Gasteiger partial charge in [-0.05, 0) is 31.9 Å². The molecule has 0 spiro atoms. The summed E-state index contributed by atoms with van der Waals surface area (Å²) in [5, 5.41) is 12.1. The highest BCUT2D eigenvalue weighted by Crippen LogP contribution is 2.29. The quantitative estimate of drug-likeness (QED) is 0.629. The van der Waals surface area contributed by atoms with Gasteiger partial charge < -0.3 is 10.2 Å². The van der Waals surface area contributed by atoms with Crippen LogP contribution in [-0.2, 0) is 4.79 Å². The summed E-state index contributed by atoms with van der Waals surface area (Å²) in [5.41, 5.74) is 1.21. The van der Waals surface area contributed by atoms with Gasteiger partial charge in [-0.1, -0.05) is 35.2 Å². The maximum atomic E-state index is 12.1. The van der Waals surface area contributed by atoms with Gasteiger partial charge in [-0.25, -0.2) is 0 Å². The molecule has 126 valence electrons. The standard InChI is InChI=1S/C16H18N4O2S2/c1-11(21)12-5-4-6-13(9-12)17-14(22)10-23-16-19-18-15(24-16)20-7-2-3-8-20/h4-6,9H,2-3,7-8,10H2,1H3,(H,17,22). The highest BCUT2D eigenvalue weighted by molar-refractivity contribution is 8.01. The van der Waals surface area contributed by atoms with Crippen LogP contribution in [0.15, 0.2) is 28.6 Å². The second-order valence-electron chi connectivity index (χ2n) is 5.52. The third kappa shape index (κ3) is 4.33. The van der Waals surface area contributed by atoms with Gasteiger partial charge in [0, 0.05) is 24.3 Å². The van der Waals surface area contributed by atoms with E-state index in [1.165, 1.54) is 42.9 Å². The molecule has 0 radical (unpaired) electrons. The van der Waals surface area contributed by atoms with Crippen LogP contribution in [-0.4, -0.2) is 40.7 Å². The Labute approximate surface area is 148 Å². The molecule has 1 aromatic heterocycles. The van der Waals surface area contributed by atoms with Gasteiger partial charge in [-0.3, -0.25) is 9.59 Å². The minimum Gasteiger partial charge on any atom is -0.347 e. The zero-order valence-corrected chi connectivity index (χ0v) is 15.0. The van der Waals surface area contributed by atoms with E-state index in [2.05, 4.69) is 20.4 Å². The Kier molecular flexibility index (Phi) is 5.47. The number of amides is 1. The van der Waals surface area contributed by atoms with E-state index in [9.17, 15) is 9.59 Å². The molecule has 24 heavy (non-hydrogen) atoms. The highest BCUT2D eigenvalue weighted by atomic mass is 32.2. The van der Waals surface area contributed by atoms with E-state index in [0.717, 1.165) is 22.6 Å². The Balaban J connectivity index is 1.52. The maximum absolute atomic E-state index is 12.1. The molecule has 3 rings (SSSR count). The van der Waals surface area contributed by atoms with Crippen molar-refractivity contribution in [3.05, 3.63) is 29.8 Å². The number of carbonyl (C=O) groups is 2. The van der Waals surface area contributed by atoms with Gasteiger partial charge in [0.1, 0.15) is 0 Å². The van der Waals surface area contributed by atoms with Crippen LogP contribution >= 0.6 is 23.1 Å². The maximum Gasteiger partial charge on any atom is 0.234 e. The van der Waals surface area contributed by atoms with Crippen LogP contribution in [0, 0.1) is 0 Å². The Morgan fingerprint density at radius 3 is 2.83 bits per heavy atom. The summed E-state index contributed by atoms with van der Waals surface area (Å²) in [4.78, 5) is 25.7. The second-order valence-corrected chi connectivity index (χ2v) is 7.70. The molecule has 1 aromatic carbocycles. The van der Waals surface area contributed by atoms with Crippen LogP contribution in [0.1, 0.15) is 30.1 Å². The molecule has 1 amide bonds. The number of nitrogens with one attached hydrogen (secondary N) is 1. The number of benzene rings is 1. The molecule has 0 bridgehead atoms. The van der Waals surface area contributed by atoms with Gasteiger partial charge in [0.15, 0.2) is 10.1 Å². The predicted molar refractivity (Wildman–Crippen MR) is 97.2 cm³/mol. The molecule has 0 saturated carbocycles. The van der Waals surface area contributed by atoms with Crippen LogP contribution < -0.4 is 10.2 Å². The monoisotopic (exact) mass is 362 g/mol. The van der Waals surface area contributed by atoms with Crippen LogP contribution in [0.5, 0.6) is 0 Å². The molecule has 0 atom stereocenters. The lowest BCUT2D eigenvalue weighted by atomic mass is 10.1. The van der Waals surface area contributed by atoms with Crippen molar-refractivity contribution in [1.82, 2.24) is 10.2 Å². The first-order chi connectivity index (χ1) is 11.6. The lowest BCUT2D eigenvalue weighted by molar-refractivity contribution is -0.113. The largest absolute Gasteiger partial charge is 0.347 e. The summed E-state index contributed by atoms with van der Waals surface area (Å²) in [6, 6.07) is 6.94. The molecule has 0 aliphatic carbocycles. The van der Waals surface area contributed by atoms with E-state index in [0.29, 0.717) is 11.3 Å². The van der Waals surface area contributed by atoms with Crippen molar-refractivity contribution in [3.63, 3.8) is 0 Å². The third-order valence-corrected chi connectivity index (χ3v) is 5.77. The fourth-order valence-electron chi connectivity index (χ4n) is 2.44. The fourth-order valence-corrected chi connectivity index (χ4v) is 4.13. The lowest BCUT2D eigenvalue weighted by Crippen LogP contribution is -2.17. The number of hydrogen-bond donors (Lipinski definition) is 1. The minimum atomic E-state index is -0.126. The van der Waals surface area contributed by atoms with Crippen LogP contribution in [0.3, 0.4) is 0 Å². The normalized spacial score (nSPS) is 14.0. The van der Waals surface area contributed by atoms with Gasteiger partial charge in [0.05, 0.1) is 5.75 Å². The Bertz CT molecular complexity index is 741. The number of ketones is 1. The zero-order valence-electron chi connectivity index (χ0n) is 13.3. The molecule has 2 heterocycles. The van der Waals surface area contributed by atoms with Gasteiger partial charge in [0.2, 0.25) is 11.0 Å². The fraction of sp³-hybridized carbons (Fsp3) is 0.375. The van der Waals surface area contributed by atoms with E-state index in [4.69, 9.17) is 0 Å². The van der Waals surface area contributed by atoms with Crippen molar-refractivity contribution < 1.29 is 9.59 Å². The summed E-state index contributed by atoms with van der Waals surface area (Å²) in [6.07, 6.45) is 2.40. The summed E-state index contributed by atoms with van der Waals surface area (Å²) in [5.74, 6) is 0.112. The molecule has 1 fully saturated rings. The molecule has 1 aliphatic heterocycles. The van der Waals surface area contributed by atoms with E-state index < -0.39 is 0 Å². The summed E-state index contributed by atoms with van der Waals surface area (Å²) in [7, 11) is 0. The number of rotatable bonds is 6. The minimum absolute atomic E-state index is 0.0243. The number of nitrogens with zero attached hydrogens (tertiary/aromatic N) is 3. The number of aromatic nitrogens is 2. The first-order valence-corrected chi connectivity index (χ1v) is 9.54. The van der Waals surface area contributed by atoms with Gasteiger partial charge in [-0.2, -0.15) is 0 Å². The number of hydrogen-bond acceptors (Lipinski definition) is 7. The van der Waals surface area contributed by atoms with Crippen LogP contribution in [0.4, 0.5) is 10.8 Å². The van der Waals surface area contributed by atoms with Crippen molar-refractivity contribution in [2.24, 2.45) is 0 Å². The van der Waals surface area contributed by atoms with E-state index in [1.807, 2.05) is 0 Å². The number of anilines is 2. The summed E-state index contributed by atoms with van der Waals surface area (Å²) >= 11 is 2.90.